The lowest BCUT2D eigenvalue weighted by atomic mass is 9.98. The van der Waals surface area contributed by atoms with E-state index in [-0.39, 0.29) is 23.8 Å². The molecule has 1 aromatic heterocycles. The molecule has 0 unspecified atom stereocenters. The minimum absolute atomic E-state index is 0.0313. The number of carboxylic acid groups (broad SMARTS) is 1. The van der Waals surface area contributed by atoms with E-state index >= 15 is 0 Å². The SMILES string of the molecule is Cc1cc(F)ccc1-n1ccc(C(=O)NC(C)(C)CCC(=O)O)n1. The number of aliphatic carboxylic acids is 1. The highest BCUT2D eigenvalue weighted by Gasteiger charge is 2.23. The molecule has 0 bridgehead atoms. The average Bonchev–Trinajstić information content (AvgIpc) is 2.94. The molecule has 0 aliphatic heterocycles. The van der Waals surface area contributed by atoms with Crippen LogP contribution in [0.15, 0.2) is 30.5 Å². The third-order valence-corrected chi connectivity index (χ3v) is 3.64. The van der Waals surface area contributed by atoms with E-state index in [4.69, 9.17) is 5.11 Å². The van der Waals surface area contributed by atoms with Crippen LogP contribution in [-0.2, 0) is 4.79 Å². The van der Waals surface area contributed by atoms with Gasteiger partial charge in [-0.3, -0.25) is 9.59 Å². The van der Waals surface area contributed by atoms with E-state index in [9.17, 15) is 14.0 Å². The summed E-state index contributed by atoms with van der Waals surface area (Å²) in [4.78, 5) is 23.0. The van der Waals surface area contributed by atoms with Gasteiger partial charge in [-0.15, -0.1) is 0 Å². The molecular formula is C17H20FN3O3. The quantitative estimate of drug-likeness (QED) is 0.851. The monoisotopic (exact) mass is 333 g/mol. The second kappa shape index (κ2) is 6.82. The minimum atomic E-state index is -0.909. The normalized spacial score (nSPS) is 11.3. The number of amides is 1. The van der Waals surface area contributed by atoms with E-state index in [1.807, 2.05) is 0 Å². The Morgan fingerprint density at radius 3 is 2.67 bits per heavy atom. The van der Waals surface area contributed by atoms with E-state index in [2.05, 4.69) is 10.4 Å². The van der Waals surface area contributed by atoms with Crippen LogP contribution in [0, 0.1) is 12.7 Å². The zero-order valence-electron chi connectivity index (χ0n) is 13.8. The van der Waals surface area contributed by atoms with Gasteiger partial charge >= 0.3 is 5.97 Å². The summed E-state index contributed by atoms with van der Waals surface area (Å²) < 4.78 is 14.7. The molecule has 128 valence electrons. The first-order valence-corrected chi connectivity index (χ1v) is 7.54. The lowest BCUT2D eigenvalue weighted by molar-refractivity contribution is -0.137. The molecule has 2 aromatic rings. The van der Waals surface area contributed by atoms with Crippen LogP contribution >= 0.6 is 0 Å². The van der Waals surface area contributed by atoms with Gasteiger partial charge in [-0.05, 0) is 57.0 Å². The molecule has 0 atom stereocenters. The van der Waals surface area contributed by atoms with Crippen molar-refractivity contribution in [3.63, 3.8) is 0 Å². The minimum Gasteiger partial charge on any atom is -0.481 e. The summed E-state index contributed by atoms with van der Waals surface area (Å²) in [5, 5.41) is 15.7. The molecule has 2 N–H and O–H groups in total. The molecule has 24 heavy (non-hydrogen) atoms. The van der Waals surface area contributed by atoms with Crippen molar-refractivity contribution in [2.45, 2.75) is 39.2 Å². The van der Waals surface area contributed by atoms with E-state index in [1.54, 1.807) is 39.1 Å². The summed E-state index contributed by atoms with van der Waals surface area (Å²) in [5.41, 5.74) is 0.931. The number of nitrogens with zero attached hydrogens (tertiary/aromatic N) is 2. The Morgan fingerprint density at radius 2 is 2.04 bits per heavy atom. The molecule has 1 heterocycles. The molecule has 1 amide bonds. The first-order valence-electron chi connectivity index (χ1n) is 7.54. The molecule has 7 heteroatoms. The van der Waals surface area contributed by atoms with Crippen molar-refractivity contribution in [2.24, 2.45) is 0 Å². The molecule has 0 saturated carbocycles. The Hall–Kier alpha value is -2.70. The smallest absolute Gasteiger partial charge is 0.303 e. The van der Waals surface area contributed by atoms with Crippen molar-refractivity contribution < 1.29 is 19.1 Å². The number of hydrogen-bond donors (Lipinski definition) is 2. The standard InChI is InChI=1S/C17H20FN3O3/c1-11-10-12(18)4-5-14(11)21-9-7-13(20-21)16(24)19-17(2,3)8-6-15(22)23/h4-5,7,9-10H,6,8H2,1-3H3,(H,19,24)(H,22,23). The van der Waals surface area contributed by atoms with Crippen molar-refractivity contribution in [3.8, 4) is 5.69 Å². The third kappa shape index (κ3) is 4.41. The van der Waals surface area contributed by atoms with Crippen LogP contribution in [0.3, 0.4) is 0 Å². The fourth-order valence-electron chi connectivity index (χ4n) is 2.31. The molecule has 0 spiro atoms. The zero-order chi connectivity index (χ0) is 17.9. The summed E-state index contributed by atoms with van der Waals surface area (Å²) in [5.74, 6) is -1.63. The van der Waals surface area contributed by atoms with E-state index < -0.39 is 11.5 Å². The molecule has 6 nitrogen and oxygen atoms in total. The molecule has 0 radical (unpaired) electrons. The topological polar surface area (TPSA) is 84.2 Å². The molecule has 0 saturated heterocycles. The Labute approximate surface area is 139 Å². The van der Waals surface area contributed by atoms with Crippen LogP contribution in [0.1, 0.15) is 42.7 Å². The molecule has 0 aliphatic carbocycles. The number of carbonyl (C=O) groups excluding carboxylic acids is 1. The van der Waals surface area contributed by atoms with Crippen molar-refractivity contribution in [1.29, 1.82) is 0 Å². The van der Waals surface area contributed by atoms with Gasteiger partial charge in [0, 0.05) is 18.2 Å². The van der Waals surface area contributed by atoms with Crippen LogP contribution in [0.5, 0.6) is 0 Å². The van der Waals surface area contributed by atoms with E-state index in [1.165, 1.54) is 16.8 Å². The molecular weight excluding hydrogens is 313 g/mol. The van der Waals surface area contributed by atoms with Crippen LogP contribution in [-0.4, -0.2) is 32.3 Å². The summed E-state index contributed by atoms with van der Waals surface area (Å²) in [6, 6.07) is 5.88. The molecule has 1 aromatic carbocycles. The Balaban J connectivity index is 2.12. The van der Waals surface area contributed by atoms with Crippen LogP contribution in [0.25, 0.3) is 5.69 Å². The lowest BCUT2D eigenvalue weighted by Crippen LogP contribution is -2.43. The van der Waals surface area contributed by atoms with Crippen molar-refractivity contribution in [3.05, 3.63) is 47.5 Å². The second-order valence-corrected chi connectivity index (χ2v) is 6.31. The van der Waals surface area contributed by atoms with E-state index in [0.29, 0.717) is 17.7 Å². The number of carbonyl (C=O) groups is 2. The first kappa shape index (κ1) is 17.7. The Kier molecular flexibility index (Phi) is 5.02. The molecule has 2 rings (SSSR count). The number of aryl methyl sites for hydroxylation is 1. The maximum absolute atomic E-state index is 13.2. The first-order chi connectivity index (χ1) is 11.2. The van der Waals surface area contributed by atoms with Crippen molar-refractivity contribution in [2.75, 3.05) is 0 Å². The fraction of sp³-hybridized carbons (Fsp3) is 0.353. The number of rotatable bonds is 6. The van der Waals surface area contributed by atoms with Gasteiger partial charge in [0.05, 0.1) is 5.69 Å². The predicted octanol–water partition coefficient (Wildman–Crippen LogP) is 2.69. The summed E-state index contributed by atoms with van der Waals surface area (Å²) in [7, 11) is 0. The van der Waals surface area contributed by atoms with Crippen LogP contribution in [0.4, 0.5) is 4.39 Å². The van der Waals surface area contributed by atoms with Gasteiger partial charge in [0.1, 0.15) is 5.82 Å². The average molecular weight is 333 g/mol. The maximum atomic E-state index is 13.2. The van der Waals surface area contributed by atoms with Gasteiger partial charge in [0.2, 0.25) is 0 Å². The van der Waals surface area contributed by atoms with Crippen molar-refractivity contribution in [1.82, 2.24) is 15.1 Å². The van der Waals surface area contributed by atoms with Crippen LogP contribution < -0.4 is 5.32 Å². The molecule has 0 fully saturated rings. The number of halogens is 1. The third-order valence-electron chi connectivity index (χ3n) is 3.64. The van der Waals surface area contributed by atoms with Gasteiger partial charge in [-0.2, -0.15) is 5.10 Å². The number of hydrogen-bond acceptors (Lipinski definition) is 3. The Bertz CT molecular complexity index is 768. The summed E-state index contributed by atoms with van der Waals surface area (Å²) in [6.45, 7) is 5.28. The van der Waals surface area contributed by atoms with Gasteiger partial charge in [-0.1, -0.05) is 0 Å². The summed E-state index contributed by atoms with van der Waals surface area (Å²) >= 11 is 0. The number of carboxylic acids is 1. The zero-order valence-corrected chi connectivity index (χ0v) is 13.8. The predicted molar refractivity (Wildman–Crippen MR) is 86.7 cm³/mol. The Morgan fingerprint density at radius 1 is 1.33 bits per heavy atom. The largest absolute Gasteiger partial charge is 0.481 e. The number of nitrogens with one attached hydrogen (secondary N) is 1. The van der Waals surface area contributed by atoms with Crippen molar-refractivity contribution >= 4 is 11.9 Å². The van der Waals surface area contributed by atoms with Gasteiger partial charge in [0.25, 0.3) is 5.91 Å². The van der Waals surface area contributed by atoms with Gasteiger partial charge in [-0.25, -0.2) is 9.07 Å². The fourth-order valence-corrected chi connectivity index (χ4v) is 2.31. The summed E-state index contributed by atoms with van der Waals surface area (Å²) in [6.07, 6.45) is 1.90. The highest BCUT2D eigenvalue weighted by molar-refractivity contribution is 5.92. The maximum Gasteiger partial charge on any atom is 0.303 e. The van der Waals surface area contributed by atoms with Crippen LogP contribution in [0.2, 0.25) is 0 Å². The highest BCUT2D eigenvalue weighted by atomic mass is 19.1. The van der Waals surface area contributed by atoms with Gasteiger partial charge < -0.3 is 10.4 Å². The highest BCUT2D eigenvalue weighted by Crippen LogP contribution is 2.16. The molecule has 0 aliphatic rings. The number of benzene rings is 1. The van der Waals surface area contributed by atoms with Gasteiger partial charge in [0.15, 0.2) is 5.69 Å². The lowest BCUT2D eigenvalue weighted by Gasteiger charge is -2.25. The number of aromatic nitrogens is 2. The van der Waals surface area contributed by atoms with E-state index in [0.717, 1.165) is 0 Å². The second-order valence-electron chi connectivity index (χ2n) is 6.31.